The van der Waals surface area contributed by atoms with Crippen molar-refractivity contribution in [3.05, 3.63) is 64.7 Å². The van der Waals surface area contributed by atoms with Gasteiger partial charge in [0.15, 0.2) is 5.82 Å². The molecule has 5 nitrogen and oxygen atoms in total. The molecule has 0 atom stereocenters. The first-order valence-corrected chi connectivity index (χ1v) is 7.62. The summed E-state index contributed by atoms with van der Waals surface area (Å²) in [5, 5.41) is 9.89. The molecule has 24 heavy (non-hydrogen) atoms. The molecule has 3 rings (SSSR count). The van der Waals surface area contributed by atoms with E-state index in [9.17, 15) is 9.18 Å². The maximum absolute atomic E-state index is 13.0. The molecule has 3 aromatic rings. The Bertz CT molecular complexity index is 894. The van der Waals surface area contributed by atoms with Crippen LogP contribution < -0.4 is 5.32 Å². The summed E-state index contributed by atoms with van der Waals surface area (Å²) >= 11 is 5.94. The van der Waals surface area contributed by atoms with Gasteiger partial charge in [-0.3, -0.25) is 9.89 Å². The number of rotatable bonds is 4. The number of anilines is 1. The van der Waals surface area contributed by atoms with Crippen LogP contribution in [-0.4, -0.2) is 21.1 Å². The number of halogens is 2. The van der Waals surface area contributed by atoms with E-state index in [-0.39, 0.29) is 17.4 Å². The van der Waals surface area contributed by atoms with Gasteiger partial charge < -0.3 is 5.32 Å². The number of nitrogens with zero attached hydrogens (tertiary/aromatic N) is 2. The van der Waals surface area contributed by atoms with E-state index in [0.29, 0.717) is 22.9 Å². The standard InChI is InChI=1S/C17H14ClFN4O/c1-10-20-17(23-22-10)12-3-2-4-14(7-12)21-16(24)8-11-5-6-13(19)9-15(11)18/h2-7,9H,8H2,1H3,(H,21,24)(H,20,22,23). The zero-order valence-corrected chi connectivity index (χ0v) is 13.6. The van der Waals surface area contributed by atoms with Gasteiger partial charge in [0.2, 0.25) is 5.91 Å². The van der Waals surface area contributed by atoms with E-state index in [2.05, 4.69) is 20.5 Å². The number of aromatic amines is 1. The van der Waals surface area contributed by atoms with Crippen molar-refractivity contribution in [3.8, 4) is 11.4 Å². The average molecular weight is 345 g/mol. The van der Waals surface area contributed by atoms with Crippen molar-refractivity contribution in [3.63, 3.8) is 0 Å². The zero-order valence-electron chi connectivity index (χ0n) is 12.8. The number of H-pyrrole nitrogens is 1. The SMILES string of the molecule is Cc1nc(-c2cccc(NC(=O)Cc3ccc(F)cc3Cl)c2)n[nH]1. The first-order valence-electron chi connectivity index (χ1n) is 7.24. The second-order valence-electron chi connectivity index (χ2n) is 5.29. The van der Waals surface area contributed by atoms with Crippen LogP contribution in [0.3, 0.4) is 0 Å². The van der Waals surface area contributed by atoms with Crippen LogP contribution >= 0.6 is 11.6 Å². The van der Waals surface area contributed by atoms with Crippen LogP contribution in [0.2, 0.25) is 5.02 Å². The van der Waals surface area contributed by atoms with Gasteiger partial charge in [-0.2, -0.15) is 5.10 Å². The molecule has 2 N–H and O–H groups in total. The Morgan fingerprint density at radius 3 is 2.83 bits per heavy atom. The molecule has 0 aliphatic heterocycles. The number of carbonyl (C=O) groups excluding carboxylic acids is 1. The molecule has 0 saturated carbocycles. The molecular formula is C17H14ClFN4O. The lowest BCUT2D eigenvalue weighted by atomic mass is 10.1. The van der Waals surface area contributed by atoms with E-state index in [1.165, 1.54) is 18.2 Å². The highest BCUT2D eigenvalue weighted by molar-refractivity contribution is 6.31. The van der Waals surface area contributed by atoms with E-state index in [1.807, 2.05) is 19.1 Å². The van der Waals surface area contributed by atoms with Gasteiger partial charge in [-0.25, -0.2) is 9.37 Å². The Morgan fingerprint density at radius 1 is 1.29 bits per heavy atom. The van der Waals surface area contributed by atoms with E-state index in [4.69, 9.17) is 11.6 Å². The van der Waals surface area contributed by atoms with Crippen molar-refractivity contribution in [2.24, 2.45) is 0 Å². The molecule has 7 heteroatoms. The normalized spacial score (nSPS) is 10.6. The fraction of sp³-hybridized carbons (Fsp3) is 0.118. The smallest absolute Gasteiger partial charge is 0.228 e. The van der Waals surface area contributed by atoms with E-state index in [1.54, 1.807) is 12.1 Å². The predicted molar refractivity (Wildman–Crippen MR) is 90.3 cm³/mol. The molecule has 0 aliphatic carbocycles. The van der Waals surface area contributed by atoms with Gasteiger partial charge in [-0.15, -0.1) is 0 Å². The first kappa shape index (κ1) is 16.1. The molecule has 2 aromatic carbocycles. The van der Waals surface area contributed by atoms with Crippen molar-refractivity contribution < 1.29 is 9.18 Å². The van der Waals surface area contributed by atoms with Crippen LogP contribution in [0.15, 0.2) is 42.5 Å². The van der Waals surface area contributed by atoms with Gasteiger partial charge >= 0.3 is 0 Å². The van der Waals surface area contributed by atoms with Crippen molar-refractivity contribution in [2.45, 2.75) is 13.3 Å². The molecule has 0 bridgehead atoms. The number of carbonyl (C=O) groups is 1. The summed E-state index contributed by atoms with van der Waals surface area (Å²) in [6.45, 7) is 1.81. The number of aromatic nitrogens is 3. The number of nitrogens with one attached hydrogen (secondary N) is 2. The Kier molecular flexibility index (Phi) is 4.57. The third-order valence-electron chi connectivity index (χ3n) is 3.37. The Morgan fingerprint density at radius 2 is 2.12 bits per heavy atom. The maximum Gasteiger partial charge on any atom is 0.228 e. The molecule has 0 spiro atoms. The van der Waals surface area contributed by atoms with Gasteiger partial charge in [0, 0.05) is 16.3 Å². The summed E-state index contributed by atoms with van der Waals surface area (Å²) in [7, 11) is 0. The lowest BCUT2D eigenvalue weighted by molar-refractivity contribution is -0.115. The Balaban J connectivity index is 1.72. The van der Waals surface area contributed by atoms with Gasteiger partial charge in [-0.05, 0) is 36.8 Å². The van der Waals surface area contributed by atoms with E-state index >= 15 is 0 Å². The third-order valence-corrected chi connectivity index (χ3v) is 3.72. The first-order chi connectivity index (χ1) is 11.5. The van der Waals surface area contributed by atoms with Crippen LogP contribution in [0.1, 0.15) is 11.4 Å². The predicted octanol–water partition coefficient (Wildman–Crippen LogP) is 3.75. The van der Waals surface area contributed by atoms with Crippen molar-refractivity contribution >= 4 is 23.2 Å². The largest absolute Gasteiger partial charge is 0.326 e. The lowest BCUT2D eigenvalue weighted by Gasteiger charge is -2.07. The summed E-state index contributed by atoms with van der Waals surface area (Å²) in [6.07, 6.45) is 0.0586. The highest BCUT2D eigenvalue weighted by atomic mass is 35.5. The molecule has 1 aromatic heterocycles. The molecule has 1 heterocycles. The highest BCUT2D eigenvalue weighted by Crippen LogP contribution is 2.21. The molecule has 0 saturated heterocycles. The van der Waals surface area contributed by atoms with Gasteiger partial charge in [0.25, 0.3) is 0 Å². The summed E-state index contributed by atoms with van der Waals surface area (Å²) in [5.74, 6) is 0.598. The molecule has 0 radical (unpaired) electrons. The minimum absolute atomic E-state index is 0.0586. The lowest BCUT2D eigenvalue weighted by Crippen LogP contribution is -2.14. The minimum atomic E-state index is -0.432. The average Bonchev–Trinajstić information content (AvgIpc) is 2.97. The van der Waals surface area contributed by atoms with Crippen molar-refractivity contribution in [2.75, 3.05) is 5.32 Å². The molecule has 0 fully saturated rings. The topological polar surface area (TPSA) is 70.7 Å². The zero-order chi connectivity index (χ0) is 17.1. The maximum atomic E-state index is 13.0. The van der Waals surface area contributed by atoms with Gasteiger partial charge in [-0.1, -0.05) is 29.8 Å². The van der Waals surface area contributed by atoms with Crippen LogP contribution in [0, 0.1) is 12.7 Å². The number of benzene rings is 2. The fourth-order valence-electron chi connectivity index (χ4n) is 2.25. The van der Waals surface area contributed by atoms with Crippen LogP contribution in [-0.2, 0) is 11.2 Å². The van der Waals surface area contributed by atoms with E-state index < -0.39 is 5.82 Å². The summed E-state index contributed by atoms with van der Waals surface area (Å²) in [6, 6.07) is 11.2. The van der Waals surface area contributed by atoms with Crippen molar-refractivity contribution in [1.29, 1.82) is 0 Å². The van der Waals surface area contributed by atoms with Crippen LogP contribution in [0.25, 0.3) is 11.4 Å². The molecule has 1 amide bonds. The number of hydrogen-bond acceptors (Lipinski definition) is 3. The van der Waals surface area contributed by atoms with Crippen molar-refractivity contribution in [1.82, 2.24) is 15.2 Å². The third kappa shape index (κ3) is 3.78. The monoisotopic (exact) mass is 344 g/mol. The minimum Gasteiger partial charge on any atom is -0.326 e. The van der Waals surface area contributed by atoms with Gasteiger partial charge in [0.1, 0.15) is 11.6 Å². The van der Waals surface area contributed by atoms with E-state index in [0.717, 1.165) is 5.56 Å². The van der Waals surface area contributed by atoms with Crippen LogP contribution in [0.4, 0.5) is 10.1 Å². The number of amides is 1. The highest BCUT2D eigenvalue weighted by Gasteiger charge is 2.10. The Hall–Kier alpha value is -2.73. The fourth-order valence-corrected chi connectivity index (χ4v) is 2.49. The Labute approximate surface area is 142 Å². The summed E-state index contributed by atoms with van der Waals surface area (Å²) in [5.41, 5.74) is 1.98. The molecular weight excluding hydrogens is 331 g/mol. The van der Waals surface area contributed by atoms with Gasteiger partial charge in [0.05, 0.1) is 6.42 Å². The second kappa shape index (κ2) is 6.80. The molecule has 122 valence electrons. The summed E-state index contributed by atoms with van der Waals surface area (Å²) in [4.78, 5) is 16.4. The van der Waals surface area contributed by atoms with Crippen LogP contribution in [0.5, 0.6) is 0 Å². The second-order valence-corrected chi connectivity index (χ2v) is 5.69. The molecule has 0 aliphatic rings. The number of aryl methyl sites for hydroxylation is 1. The summed E-state index contributed by atoms with van der Waals surface area (Å²) < 4.78 is 13.0. The number of hydrogen-bond donors (Lipinski definition) is 2. The quantitative estimate of drug-likeness (QED) is 0.757. The molecule has 0 unspecified atom stereocenters.